The van der Waals surface area contributed by atoms with Crippen LogP contribution in [0.25, 0.3) is 5.57 Å². The topological polar surface area (TPSA) is 86.0 Å². The van der Waals surface area contributed by atoms with Crippen LogP contribution >= 0.6 is 0 Å². The van der Waals surface area contributed by atoms with E-state index >= 15 is 0 Å². The first-order valence-corrected chi connectivity index (χ1v) is 15.6. The Bertz CT molecular complexity index is 1240. The van der Waals surface area contributed by atoms with Gasteiger partial charge in [0, 0.05) is 43.7 Å². The summed E-state index contributed by atoms with van der Waals surface area (Å²) in [6.07, 6.45) is 7.57. The first-order chi connectivity index (χ1) is 20.0. The van der Waals surface area contributed by atoms with Gasteiger partial charge in [0.2, 0.25) is 0 Å². The zero-order valence-corrected chi connectivity index (χ0v) is 27.5. The third-order valence-corrected chi connectivity index (χ3v) is 9.00. The fourth-order valence-corrected chi connectivity index (χ4v) is 6.30. The molecule has 42 heavy (non-hydrogen) atoms. The van der Waals surface area contributed by atoms with E-state index in [1.165, 1.54) is 47.1 Å². The fraction of sp³-hybridized carbons (Fsp3) is 0.541. The Balaban J connectivity index is 0.000000380. The molecule has 232 valence electrons. The first-order valence-electron chi connectivity index (χ1n) is 15.6. The van der Waals surface area contributed by atoms with E-state index in [-0.39, 0.29) is 6.84 Å². The number of benzene rings is 2. The maximum Gasteiger partial charge on any atom is 0.163 e. The molecule has 5 rings (SSSR count). The Morgan fingerprint density at radius 3 is 2.29 bits per heavy atom. The summed E-state index contributed by atoms with van der Waals surface area (Å²) in [5.74, 6) is 0.586. The van der Waals surface area contributed by atoms with E-state index in [4.69, 9.17) is 15.6 Å². The number of ether oxygens (including phenoxy) is 1. The second kappa shape index (κ2) is 15.5. The Labute approximate surface area is 257 Å². The van der Waals surface area contributed by atoms with Gasteiger partial charge in [0.25, 0.3) is 0 Å². The highest BCUT2D eigenvalue weighted by atomic mass is 16.5. The van der Waals surface area contributed by atoms with Gasteiger partial charge in [-0.2, -0.15) is 0 Å². The number of carbonyl (C=O) groups is 1. The number of nitrogens with one attached hydrogen (secondary N) is 3. The van der Waals surface area contributed by atoms with Gasteiger partial charge in [-0.3, -0.25) is 4.79 Å². The molecule has 0 atom stereocenters. The van der Waals surface area contributed by atoms with E-state index in [2.05, 4.69) is 82.7 Å². The van der Waals surface area contributed by atoms with Crippen LogP contribution in [0.2, 0.25) is 0 Å². The third-order valence-electron chi connectivity index (χ3n) is 9.00. The van der Waals surface area contributed by atoms with Crippen molar-refractivity contribution in [3.63, 3.8) is 0 Å². The minimum Gasteiger partial charge on any atom is -0.381 e. The van der Waals surface area contributed by atoms with Crippen molar-refractivity contribution >= 4 is 23.8 Å². The molecule has 3 aliphatic rings. The molecule has 0 saturated heterocycles. The van der Waals surface area contributed by atoms with Gasteiger partial charge in [0.15, 0.2) is 5.78 Å². The Kier molecular flexibility index (Phi) is 13.1. The number of ketones is 1. The SMILES string of the molecule is C=C(C)c1cc(CNC2(C)CCC2)cc2c1CCC2=O.C=N.CC.COC1CC(C(=N)C(C)C)(c2cccc(C)c2)C1.[HH]. The van der Waals surface area contributed by atoms with Crippen molar-refractivity contribution in [2.45, 2.75) is 117 Å². The van der Waals surface area contributed by atoms with Crippen molar-refractivity contribution in [3.8, 4) is 0 Å². The van der Waals surface area contributed by atoms with Gasteiger partial charge in [-0.25, -0.2) is 0 Å². The zero-order chi connectivity index (χ0) is 31.7. The minimum absolute atomic E-state index is 0. The summed E-state index contributed by atoms with van der Waals surface area (Å²) in [4.78, 5) is 12.0. The number of carbonyl (C=O) groups excluding carboxylic acids is 1. The monoisotopic (exact) mass is 575 g/mol. The lowest BCUT2D eigenvalue weighted by Crippen LogP contribution is -2.52. The molecule has 3 aliphatic carbocycles. The van der Waals surface area contributed by atoms with E-state index in [1.54, 1.807) is 7.11 Å². The van der Waals surface area contributed by atoms with Crippen molar-refractivity contribution < 1.29 is 11.0 Å². The van der Waals surface area contributed by atoms with Crippen molar-refractivity contribution in [2.75, 3.05) is 7.11 Å². The average Bonchev–Trinajstić information content (AvgIpc) is 3.32. The average molecular weight is 576 g/mol. The molecule has 2 saturated carbocycles. The normalized spacial score (nSPS) is 21.2. The van der Waals surface area contributed by atoms with Crippen molar-refractivity contribution in [1.29, 1.82) is 10.8 Å². The number of Topliss-reactive ketones (excluding diaryl/α,β-unsaturated/α-hetero) is 1. The molecule has 0 spiro atoms. The molecule has 5 heteroatoms. The molecular weight excluding hydrogens is 518 g/mol. The summed E-state index contributed by atoms with van der Waals surface area (Å²) < 4.78 is 5.43. The van der Waals surface area contributed by atoms with Crippen LogP contribution in [0.3, 0.4) is 0 Å². The molecule has 2 aromatic rings. The number of hydrogen-bond donors (Lipinski definition) is 3. The highest BCUT2D eigenvalue weighted by molar-refractivity contribution is 6.02. The van der Waals surface area contributed by atoms with Crippen LogP contribution in [-0.4, -0.2) is 37.0 Å². The van der Waals surface area contributed by atoms with E-state index < -0.39 is 0 Å². The second-order valence-electron chi connectivity index (χ2n) is 12.4. The number of rotatable bonds is 8. The van der Waals surface area contributed by atoms with Gasteiger partial charge in [-0.1, -0.05) is 69.7 Å². The van der Waals surface area contributed by atoms with Crippen molar-refractivity contribution in [1.82, 2.24) is 5.32 Å². The number of methoxy groups -OCH3 is 1. The van der Waals surface area contributed by atoms with E-state index in [9.17, 15) is 4.79 Å². The molecule has 0 bridgehead atoms. The quantitative estimate of drug-likeness (QED) is 0.274. The first kappa shape index (κ1) is 35.3. The highest BCUT2D eigenvalue weighted by Crippen LogP contribution is 2.47. The van der Waals surface area contributed by atoms with Crippen LogP contribution in [0.4, 0.5) is 0 Å². The van der Waals surface area contributed by atoms with E-state index in [0.717, 1.165) is 42.7 Å². The second-order valence-corrected chi connectivity index (χ2v) is 12.4. The van der Waals surface area contributed by atoms with Crippen LogP contribution in [0.15, 0.2) is 43.0 Å². The number of allylic oxidation sites excluding steroid dienone is 1. The van der Waals surface area contributed by atoms with Crippen LogP contribution in [-0.2, 0) is 23.1 Å². The number of hydrogen-bond acceptors (Lipinski definition) is 5. The molecule has 0 aliphatic heterocycles. The summed E-state index contributed by atoms with van der Waals surface area (Å²) >= 11 is 0. The Morgan fingerprint density at radius 2 is 1.79 bits per heavy atom. The lowest BCUT2D eigenvalue weighted by atomic mass is 9.58. The standard InChI is InChI=1S/C18H23NO.C16H23NO.C2H6.CH3N.H2/c1-12(2)15-9-13(11-19-18(3)7-4-8-18)10-16-14(15)5-6-17(16)20;1-11(2)15(17)16(9-14(10-16)18-4)13-7-5-6-12(3)8-13;2*1-2;/h9-10,19H,1,4-8,11H2,2-3H3;5-8,11,14,17H,9-10H2,1-4H3;1-2H3;2H,1H2;1H. The third kappa shape index (κ3) is 7.93. The van der Waals surface area contributed by atoms with Crippen LogP contribution < -0.4 is 5.32 Å². The Hall–Kier alpha value is -2.89. The summed E-state index contributed by atoms with van der Waals surface area (Å²) in [6.45, 7) is 22.1. The zero-order valence-electron chi connectivity index (χ0n) is 27.5. The maximum absolute atomic E-state index is 12.0. The van der Waals surface area contributed by atoms with Crippen LogP contribution in [0.5, 0.6) is 0 Å². The number of fused-ring (bicyclic) bond motifs is 1. The summed E-state index contributed by atoms with van der Waals surface area (Å²) in [5, 5.41) is 17.6. The molecule has 0 heterocycles. The van der Waals surface area contributed by atoms with Gasteiger partial charge in [0.05, 0.1) is 6.10 Å². The summed E-state index contributed by atoms with van der Waals surface area (Å²) in [7, 11) is 1.77. The van der Waals surface area contributed by atoms with Crippen LogP contribution in [0, 0.1) is 23.7 Å². The van der Waals surface area contributed by atoms with Gasteiger partial charge in [-0.05, 0) is 106 Å². The lowest BCUT2D eigenvalue weighted by molar-refractivity contribution is 0.00511. The fourth-order valence-electron chi connectivity index (χ4n) is 6.30. The number of aryl methyl sites for hydroxylation is 1. The summed E-state index contributed by atoms with van der Waals surface area (Å²) in [5.41, 5.74) is 9.22. The minimum atomic E-state index is -0.0825. The molecule has 5 nitrogen and oxygen atoms in total. The van der Waals surface area contributed by atoms with Crippen molar-refractivity contribution in [3.05, 3.63) is 76.4 Å². The van der Waals surface area contributed by atoms with Crippen LogP contribution in [0.1, 0.15) is 120 Å². The molecule has 0 radical (unpaired) electrons. The molecule has 0 unspecified atom stereocenters. The molecule has 0 aromatic heterocycles. The molecule has 3 N–H and O–H groups in total. The Morgan fingerprint density at radius 1 is 1.14 bits per heavy atom. The molecule has 2 fully saturated rings. The van der Waals surface area contributed by atoms with E-state index in [0.29, 0.717) is 29.8 Å². The van der Waals surface area contributed by atoms with Gasteiger partial charge >= 0.3 is 0 Å². The molecule has 0 amide bonds. The van der Waals surface area contributed by atoms with Gasteiger partial charge in [0.1, 0.15) is 0 Å². The predicted octanol–water partition coefficient (Wildman–Crippen LogP) is 9.14. The predicted molar refractivity (Wildman–Crippen MR) is 182 cm³/mol. The lowest BCUT2D eigenvalue weighted by Gasteiger charge is -2.49. The van der Waals surface area contributed by atoms with E-state index in [1.807, 2.05) is 20.8 Å². The van der Waals surface area contributed by atoms with Crippen molar-refractivity contribution in [2.24, 2.45) is 5.92 Å². The van der Waals surface area contributed by atoms with Gasteiger partial charge < -0.3 is 20.9 Å². The molecule has 2 aromatic carbocycles. The summed E-state index contributed by atoms with van der Waals surface area (Å²) in [6, 6.07) is 12.9. The highest BCUT2D eigenvalue weighted by Gasteiger charge is 2.49. The van der Waals surface area contributed by atoms with Gasteiger partial charge in [-0.15, -0.1) is 0 Å². The molecular formula is C37H57N3O2. The smallest absolute Gasteiger partial charge is 0.163 e. The maximum atomic E-state index is 12.0. The largest absolute Gasteiger partial charge is 0.381 e.